The van der Waals surface area contributed by atoms with Gasteiger partial charge >= 0.3 is 0 Å². The summed E-state index contributed by atoms with van der Waals surface area (Å²) in [6.45, 7) is 4.37. The minimum absolute atomic E-state index is 0.619. The third-order valence-electron chi connectivity index (χ3n) is 3.16. The second-order valence-corrected chi connectivity index (χ2v) is 4.16. The third-order valence-corrected chi connectivity index (χ3v) is 3.16. The quantitative estimate of drug-likeness (QED) is 0.774. The molecule has 1 aromatic heterocycles. The number of piperidine rings is 1. The number of anilines is 1. The molecule has 0 amide bonds. The second kappa shape index (κ2) is 4.62. The van der Waals surface area contributed by atoms with Gasteiger partial charge in [0, 0.05) is 19.2 Å². The molecule has 0 unspecified atom stereocenters. The molecule has 3 nitrogen and oxygen atoms in total. The molecule has 1 aliphatic heterocycles. The van der Waals surface area contributed by atoms with Gasteiger partial charge in [0.15, 0.2) is 0 Å². The van der Waals surface area contributed by atoms with Gasteiger partial charge in [-0.3, -0.25) is 4.98 Å². The highest BCUT2D eigenvalue weighted by atomic mass is 14.9. The van der Waals surface area contributed by atoms with E-state index in [1.807, 2.05) is 13.2 Å². The average Bonchev–Trinajstić information content (AvgIpc) is 2.30. The zero-order valence-corrected chi connectivity index (χ0v) is 9.51. The molecule has 2 N–H and O–H groups in total. The second-order valence-electron chi connectivity index (χ2n) is 4.16. The number of pyridine rings is 1. The maximum absolute atomic E-state index is 4.54. The molecule has 82 valence electrons. The van der Waals surface area contributed by atoms with Gasteiger partial charge in [-0.25, -0.2) is 0 Å². The normalized spacial score (nSPS) is 17.7. The minimum atomic E-state index is 0.619. The summed E-state index contributed by atoms with van der Waals surface area (Å²) in [5.41, 5.74) is 3.77. The van der Waals surface area contributed by atoms with Crippen LogP contribution in [-0.4, -0.2) is 25.1 Å². The van der Waals surface area contributed by atoms with Crippen molar-refractivity contribution in [2.24, 2.45) is 0 Å². The minimum Gasteiger partial charge on any atom is -0.386 e. The molecule has 0 bridgehead atoms. The standard InChI is InChI=1S/C12H19N3/c1-9-3-8-15-12(11(9)13-2)10-4-6-14-7-5-10/h3,8,10,13-14H,4-7H2,1-2H3. The summed E-state index contributed by atoms with van der Waals surface area (Å²) < 4.78 is 0. The number of nitrogens with one attached hydrogen (secondary N) is 2. The number of hydrogen-bond donors (Lipinski definition) is 2. The van der Waals surface area contributed by atoms with Gasteiger partial charge in [-0.2, -0.15) is 0 Å². The van der Waals surface area contributed by atoms with Gasteiger partial charge in [-0.1, -0.05) is 0 Å². The molecule has 1 aliphatic rings. The number of hydrogen-bond acceptors (Lipinski definition) is 3. The molecule has 2 rings (SSSR count). The molecule has 0 aliphatic carbocycles. The van der Waals surface area contributed by atoms with Crippen LogP contribution < -0.4 is 10.6 Å². The topological polar surface area (TPSA) is 37.0 Å². The lowest BCUT2D eigenvalue weighted by Crippen LogP contribution is -2.27. The number of aryl methyl sites for hydroxylation is 1. The van der Waals surface area contributed by atoms with Gasteiger partial charge in [0.25, 0.3) is 0 Å². The first-order valence-electron chi connectivity index (χ1n) is 5.67. The molecular weight excluding hydrogens is 186 g/mol. The Balaban J connectivity index is 2.29. The van der Waals surface area contributed by atoms with E-state index < -0.39 is 0 Å². The van der Waals surface area contributed by atoms with Crippen LogP contribution in [0.3, 0.4) is 0 Å². The first kappa shape index (κ1) is 10.4. The predicted molar refractivity (Wildman–Crippen MR) is 63.4 cm³/mol. The first-order chi connectivity index (χ1) is 7.33. The van der Waals surface area contributed by atoms with E-state index in [9.17, 15) is 0 Å². The molecule has 15 heavy (non-hydrogen) atoms. The van der Waals surface area contributed by atoms with Crippen molar-refractivity contribution in [3.8, 4) is 0 Å². The Morgan fingerprint density at radius 3 is 2.80 bits per heavy atom. The Kier molecular flexibility index (Phi) is 3.21. The molecule has 1 saturated heterocycles. The van der Waals surface area contributed by atoms with E-state index in [2.05, 4.69) is 28.6 Å². The fourth-order valence-corrected chi connectivity index (χ4v) is 2.31. The first-order valence-corrected chi connectivity index (χ1v) is 5.67. The van der Waals surface area contributed by atoms with Crippen LogP contribution in [0, 0.1) is 6.92 Å². The van der Waals surface area contributed by atoms with E-state index in [0.29, 0.717) is 5.92 Å². The summed E-state index contributed by atoms with van der Waals surface area (Å²) in [5, 5.41) is 6.67. The fraction of sp³-hybridized carbons (Fsp3) is 0.583. The van der Waals surface area contributed by atoms with Gasteiger partial charge in [0.2, 0.25) is 0 Å². The maximum Gasteiger partial charge on any atom is 0.0669 e. The van der Waals surface area contributed by atoms with Gasteiger partial charge in [-0.15, -0.1) is 0 Å². The lowest BCUT2D eigenvalue weighted by molar-refractivity contribution is 0.454. The van der Waals surface area contributed by atoms with Crippen LogP contribution in [0.2, 0.25) is 0 Å². The van der Waals surface area contributed by atoms with Crippen LogP contribution in [0.4, 0.5) is 5.69 Å². The van der Waals surface area contributed by atoms with Crippen LogP contribution in [0.1, 0.15) is 30.0 Å². The van der Waals surface area contributed by atoms with Gasteiger partial charge in [-0.05, 0) is 44.5 Å². The van der Waals surface area contributed by atoms with E-state index in [1.165, 1.54) is 29.8 Å². The van der Waals surface area contributed by atoms with E-state index in [-0.39, 0.29) is 0 Å². The highest BCUT2D eigenvalue weighted by Crippen LogP contribution is 2.30. The largest absolute Gasteiger partial charge is 0.386 e. The van der Waals surface area contributed by atoms with E-state index in [1.54, 1.807) is 0 Å². The summed E-state index contributed by atoms with van der Waals surface area (Å²) in [7, 11) is 1.98. The molecule has 1 fully saturated rings. The van der Waals surface area contributed by atoms with Crippen molar-refractivity contribution < 1.29 is 0 Å². The van der Waals surface area contributed by atoms with Crippen molar-refractivity contribution in [3.05, 3.63) is 23.5 Å². The lowest BCUT2D eigenvalue weighted by Gasteiger charge is -2.24. The Labute approximate surface area is 91.3 Å². The highest BCUT2D eigenvalue weighted by Gasteiger charge is 2.19. The van der Waals surface area contributed by atoms with Gasteiger partial charge < -0.3 is 10.6 Å². The van der Waals surface area contributed by atoms with Crippen molar-refractivity contribution >= 4 is 5.69 Å². The van der Waals surface area contributed by atoms with Crippen LogP contribution >= 0.6 is 0 Å². The Morgan fingerprint density at radius 1 is 1.40 bits per heavy atom. The molecule has 1 aromatic rings. The van der Waals surface area contributed by atoms with Crippen LogP contribution in [0.25, 0.3) is 0 Å². The molecular formula is C12H19N3. The third kappa shape index (κ3) is 2.12. The number of rotatable bonds is 2. The zero-order chi connectivity index (χ0) is 10.7. The average molecular weight is 205 g/mol. The fourth-order valence-electron chi connectivity index (χ4n) is 2.31. The number of nitrogens with zero attached hydrogens (tertiary/aromatic N) is 1. The van der Waals surface area contributed by atoms with Crippen molar-refractivity contribution in [3.63, 3.8) is 0 Å². The van der Waals surface area contributed by atoms with Crippen LogP contribution in [0.15, 0.2) is 12.3 Å². The molecule has 0 atom stereocenters. The highest BCUT2D eigenvalue weighted by molar-refractivity contribution is 5.55. The molecule has 0 saturated carbocycles. The molecule has 2 heterocycles. The van der Waals surface area contributed by atoms with Gasteiger partial charge in [0.05, 0.1) is 11.4 Å². The predicted octanol–water partition coefficient (Wildman–Crippen LogP) is 1.90. The molecule has 0 aromatic carbocycles. The zero-order valence-electron chi connectivity index (χ0n) is 9.51. The van der Waals surface area contributed by atoms with Gasteiger partial charge in [0.1, 0.15) is 0 Å². The molecule has 0 radical (unpaired) electrons. The monoisotopic (exact) mass is 205 g/mol. The summed E-state index contributed by atoms with van der Waals surface area (Å²) in [6.07, 6.45) is 4.32. The lowest BCUT2D eigenvalue weighted by atomic mass is 9.92. The Hall–Kier alpha value is -1.09. The summed E-state index contributed by atoms with van der Waals surface area (Å²) in [5.74, 6) is 0.619. The summed E-state index contributed by atoms with van der Waals surface area (Å²) in [6, 6.07) is 2.07. The van der Waals surface area contributed by atoms with Crippen molar-refractivity contribution in [2.75, 3.05) is 25.5 Å². The SMILES string of the molecule is CNc1c(C)ccnc1C1CCNCC1. The van der Waals surface area contributed by atoms with Crippen molar-refractivity contribution in [2.45, 2.75) is 25.7 Å². The smallest absolute Gasteiger partial charge is 0.0669 e. The maximum atomic E-state index is 4.54. The van der Waals surface area contributed by atoms with E-state index >= 15 is 0 Å². The van der Waals surface area contributed by atoms with E-state index in [4.69, 9.17) is 0 Å². The Morgan fingerprint density at radius 2 is 2.13 bits per heavy atom. The van der Waals surface area contributed by atoms with Crippen LogP contribution in [0.5, 0.6) is 0 Å². The summed E-state index contributed by atoms with van der Waals surface area (Å²) >= 11 is 0. The van der Waals surface area contributed by atoms with E-state index in [0.717, 1.165) is 13.1 Å². The Bertz CT molecular complexity index is 330. The summed E-state index contributed by atoms with van der Waals surface area (Å²) in [4.78, 5) is 4.54. The molecule has 0 spiro atoms. The van der Waals surface area contributed by atoms with Crippen LogP contribution in [-0.2, 0) is 0 Å². The van der Waals surface area contributed by atoms with Crippen molar-refractivity contribution in [1.82, 2.24) is 10.3 Å². The van der Waals surface area contributed by atoms with Crippen molar-refractivity contribution in [1.29, 1.82) is 0 Å². The molecule has 3 heteroatoms. The number of aromatic nitrogens is 1.